The minimum absolute atomic E-state index is 0.491. The van der Waals surface area contributed by atoms with Crippen molar-refractivity contribution in [2.45, 2.75) is 45.4 Å². The highest BCUT2D eigenvalue weighted by Crippen LogP contribution is 2.29. The molecule has 0 saturated carbocycles. The SMILES string of the molecule is CC(=O)OC1O[C@H](CI)[C@H](OC(C)=O)[C@H]1OC(C)=O. The monoisotopic (exact) mass is 386 g/mol. The molecule has 4 atom stereocenters. The minimum Gasteiger partial charge on any atom is -0.455 e. The summed E-state index contributed by atoms with van der Waals surface area (Å²) in [4.78, 5) is 33.2. The molecule has 0 spiro atoms. The van der Waals surface area contributed by atoms with Crippen LogP contribution >= 0.6 is 22.6 Å². The van der Waals surface area contributed by atoms with Crippen LogP contribution in [0.3, 0.4) is 0 Å². The summed E-state index contributed by atoms with van der Waals surface area (Å²) in [6.07, 6.45) is -3.31. The fourth-order valence-corrected chi connectivity index (χ4v) is 2.43. The molecule has 1 rings (SSSR count). The summed E-state index contributed by atoms with van der Waals surface area (Å²) in [5, 5.41) is 0. The molecule has 1 aliphatic rings. The van der Waals surface area contributed by atoms with E-state index in [9.17, 15) is 14.4 Å². The molecule has 1 fully saturated rings. The van der Waals surface area contributed by atoms with Gasteiger partial charge in [-0.05, 0) is 0 Å². The van der Waals surface area contributed by atoms with Crippen LogP contribution in [0.15, 0.2) is 0 Å². The number of hydrogen-bond acceptors (Lipinski definition) is 7. The summed E-state index contributed by atoms with van der Waals surface area (Å²) in [7, 11) is 0. The van der Waals surface area contributed by atoms with E-state index >= 15 is 0 Å². The number of hydrogen-bond donors (Lipinski definition) is 0. The second-order valence-electron chi connectivity index (χ2n) is 3.95. The summed E-state index contributed by atoms with van der Waals surface area (Å²) in [6.45, 7) is 3.67. The predicted molar refractivity (Wildman–Crippen MR) is 70.4 cm³/mol. The highest BCUT2D eigenvalue weighted by molar-refractivity contribution is 14.1. The van der Waals surface area contributed by atoms with Gasteiger partial charge in [-0.3, -0.25) is 14.4 Å². The lowest BCUT2D eigenvalue weighted by atomic mass is 10.1. The molecule has 0 aromatic carbocycles. The smallest absolute Gasteiger partial charge is 0.305 e. The minimum atomic E-state index is -1.06. The van der Waals surface area contributed by atoms with Crippen molar-refractivity contribution in [2.75, 3.05) is 4.43 Å². The molecule has 1 unspecified atom stereocenters. The highest BCUT2D eigenvalue weighted by atomic mass is 127. The van der Waals surface area contributed by atoms with E-state index in [0.29, 0.717) is 4.43 Å². The zero-order valence-corrected chi connectivity index (χ0v) is 12.9. The van der Waals surface area contributed by atoms with Crippen molar-refractivity contribution in [1.29, 1.82) is 0 Å². The van der Waals surface area contributed by atoms with Gasteiger partial charge < -0.3 is 18.9 Å². The molecule has 0 N–H and O–H groups in total. The largest absolute Gasteiger partial charge is 0.455 e. The number of rotatable bonds is 4. The van der Waals surface area contributed by atoms with Crippen LogP contribution in [0.4, 0.5) is 0 Å². The summed E-state index contributed by atoms with van der Waals surface area (Å²) < 4.78 is 21.0. The van der Waals surface area contributed by atoms with Crippen LogP contribution in [-0.2, 0) is 33.3 Å². The lowest BCUT2D eigenvalue weighted by Crippen LogP contribution is -2.41. The Bertz CT molecular complexity index is 370. The molecular weight excluding hydrogens is 371 g/mol. The first-order valence-electron chi connectivity index (χ1n) is 5.58. The van der Waals surface area contributed by atoms with E-state index < -0.39 is 42.5 Å². The number of esters is 3. The van der Waals surface area contributed by atoms with E-state index in [1.807, 2.05) is 22.6 Å². The Hall–Kier alpha value is -0.900. The van der Waals surface area contributed by atoms with Crippen LogP contribution in [0.2, 0.25) is 0 Å². The molecule has 0 radical (unpaired) electrons. The van der Waals surface area contributed by atoms with Crippen LogP contribution in [0.25, 0.3) is 0 Å². The molecule has 0 aliphatic carbocycles. The Kier molecular flexibility index (Phi) is 5.98. The van der Waals surface area contributed by atoms with Crippen molar-refractivity contribution < 1.29 is 33.3 Å². The van der Waals surface area contributed by atoms with Crippen molar-refractivity contribution in [1.82, 2.24) is 0 Å². The standard InChI is InChI=1S/C11H15IO7/c1-5(13)16-9-8(4-12)19-11(18-7(3)15)10(9)17-6(2)14/h8-11H,4H2,1-3H3/t8-,9+,10-,11?/m1/s1. The second kappa shape index (κ2) is 7.04. The average molecular weight is 386 g/mol. The Morgan fingerprint density at radius 3 is 1.84 bits per heavy atom. The third kappa shape index (κ3) is 4.60. The van der Waals surface area contributed by atoms with Gasteiger partial charge in [0, 0.05) is 25.2 Å². The maximum Gasteiger partial charge on any atom is 0.305 e. The van der Waals surface area contributed by atoms with Gasteiger partial charge in [0.05, 0.1) is 0 Å². The summed E-state index contributed by atoms with van der Waals surface area (Å²) in [5.74, 6) is -1.67. The van der Waals surface area contributed by atoms with Crippen molar-refractivity contribution in [2.24, 2.45) is 0 Å². The van der Waals surface area contributed by atoms with Gasteiger partial charge in [0.1, 0.15) is 6.10 Å². The first-order chi connectivity index (χ1) is 8.85. The lowest BCUT2D eigenvalue weighted by molar-refractivity contribution is -0.194. The van der Waals surface area contributed by atoms with E-state index in [1.165, 1.54) is 20.8 Å². The molecule has 108 valence electrons. The van der Waals surface area contributed by atoms with Crippen LogP contribution in [-0.4, -0.2) is 46.9 Å². The first-order valence-corrected chi connectivity index (χ1v) is 7.10. The van der Waals surface area contributed by atoms with Gasteiger partial charge in [-0.25, -0.2) is 0 Å². The summed E-state index contributed by atoms with van der Waals surface area (Å²) >= 11 is 2.04. The van der Waals surface area contributed by atoms with Gasteiger partial charge in [0.15, 0.2) is 6.10 Å². The molecule has 0 bridgehead atoms. The average Bonchev–Trinajstić information content (AvgIpc) is 2.55. The molecule has 7 nitrogen and oxygen atoms in total. The molecule has 1 aliphatic heterocycles. The maximum atomic E-state index is 11.1. The van der Waals surface area contributed by atoms with Gasteiger partial charge in [0.2, 0.25) is 12.4 Å². The highest BCUT2D eigenvalue weighted by Gasteiger charge is 2.50. The van der Waals surface area contributed by atoms with E-state index in [0.717, 1.165) is 0 Å². The lowest BCUT2D eigenvalue weighted by Gasteiger charge is -2.22. The Morgan fingerprint density at radius 1 is 0.947 bits per heavy atom. The number of carbonyl (C=O) groups is 3. The molecule has 1 saturated heterocycles. The van der Waals surface area contributed by atoms with Crippen LogP contribution < -0.4 is 0 Å². The van der Waals surface area contributed by atoms with Crippen LogP contribution in [0.1, 0.15) is 20.8 Å². The van der Waals surface area contributed by atoms with Crippen molar-refractivity contribution in [3.05, 3.63) is 0 Å². The fourth-order valence-electron chi connectivity index (χ4n) is 1.73. The molecular formula is C11H15IO7. The zero-order chi connectivity index (χ0) is 14.6. The van der Waals surface area contributed by atoms with E-state index in [-0.39, 0.29) is 0 Å². The van der Waals surface area contributed by atoms with Gasteiger partial charge in [-0.2, -0.15) is 0 Å². The molecule has 0 aromatic heterocycles. The number of halogens is 1. The van der Waals surface area contributed by atoms with Crippen LogP contribution in [0, 0.1) is 0 Å². The van der Waals surface area contributed by atoms with Crippen molar-refractivity contribution in [3.8, 4) is 0 Å². The number of alkyl halides is 1. The Morgan fingerprint density at radius 2 is 1.42 bits per heavy atom. The van der Waals surface area contributed by atoms with Crippen molar-refractivity contribution in [3.63, 3.8) is 0 Å². The molecule has 0 aromatic rings. The predicted octanol–water partition coefficient (Wildman–Crippen LogP) is 0.573. The fraction of sp³-hybridized carbons (Fsp3) is 0.727. The first kappa shape index (κ1) is 16.2. The maximum absolute atomic E-state index is 11.1. The molecule has 1 heterocycles. The van der Waals surface area contributed by atoms with Crippen molar-refractivity contribution >= 4 is 40.5 Å². The van der Waals surface area contributed by atoms with E-state index in [2.05, 4.69) is 0 Å². The van der Waals surface area contributed by atoms with Gasteiger partial charge >= 0.3 is 17.9 Å². The topological polar surface area (TPSA) is 88.1 Å². The summed E-state index contributed by atoms with van der Waals surface area (Å²) in [5.41, 5.74) is 0. The quantitative estimate of drug-likeness (QED) is 0.302. The van der Waals surface area contributed by atoms with Crippen LogP contribution in [0.5, 0.6) is 0 Å². The normalized spacial score (nSPS) is 29.7. The number of carbonyl (C=O) groups excluding carboxylic acids is 3. The van der Waals surface area contributed by atoms with Gasteiger partial charge in [-0.1, -0.05) is 22.6 Å². The van der Waals surface area contributed by atoms with Gasteiger partial charge in [0.25, 0.3) is 0 Å². The third-order valence-electron chi connectivity index (χ3n) is 2.31. The summed E-state index contributed by atoms with van der Waals surface area (Å²) in [6, 6.07) is 0. The van der Waals surface area contributed by atoms with Gasteiger partial charge in [-0.15, -0.1) is 0 Å². The van der Waals surface area contributed by atoms with E-state index in [4.69, 9.17) is 18.9 Å². The Balaban J connectivity index is 2.90. The number of ether oxygens (including phenoxy) is 4. The Labute approximate surface area is 124 Å². The zero-order valence-electron chi connectivity index (χ0n) is 10.8. The van der Waals surface area contributed by atoms with E-state index in [1.54, 1.807) is 0 Å². The second-order valence-corrected chi connectivity index (χ2v) is 4.84. The third-order valence-corrected chi connectivity index (χ3v) is 3.17. The molecule has 8 heteroatoms. The molecule has 19 heavy (non-hydrogen) atoms. The molecule has 0 amide bonds.